The van der Waals surface area contributed by atoms with Crippen molar-refractivity contribution in [3.05, 3.63) is 29.8 Å². The fourth-order valence-corrected chi connectivity index (χ4v) is 4.14. The summed E-state index contributed by atoms with van der Waals surface area (Å²) in [4.78, 5) is 50.7. The Morgan fingerprint density at radius 2 is 1.54 bits per heavy atom. The summed E-state index contributed by atoms with van der Waals surface area (Å²) in [6.45, 7) is 7.48. The summed E-state index contributed by atoms with van der Waals surface area (Å²) in [6.07, 6.45) is 3.22. The summed E-state index contributed by atoms with van der Waals surface area (Å²) >= 11 is 1.48. The maximum atomic E-state index is 13.3. The lowest BCUT2D eigenvalue weighted by atomic mass is 9.96. The Hall–Kier alpha value is -2.79. The number of nitrogens with one attached hydrogen (secondary N) is 3. The van der Waals surface area contributed by atoms with Gasteiger partial charge in [0.2, 0.25) is 17.7 Å². The largest absolute Gasteiger partial charge is 0.508 e. The van der Waals surface area contributed by atoms with Gasteiger partial charge >= 0.3 is 5.97 Å². The molecule has 1 rings (SSSR count). The minimum absolute atomic E-state index is 0.0585. The fraction of sp³-hybridized carbons (Fsp3) is 0.615. The van der Waals surface area contributed by atoms with E-state index in [0.717, 1.165) is 5.56 Å². The van der Waals surface area contributed by atoms with E-state index in [1.165, 1.54) is 23.9 Å². The molecule has 37 heavy (non-hydrogen) atoms. The second kappa shape index (κ2) is 16.1. The van der Waals surface area contributed by atoms with Gasteiger partial charge in [0.15, 0.2) is 0 Å². The van der Waals surface area contributed by atoms with Gasteiger partial charge in [-0.15, -0.1) is 0 Å². The molecule has 0 aliphatic rings. The summed E-state index contributed by atoms with van der Waals surface area (Å²) in [7, 11) is 0. The number of carboxylic acids is 1. The van der Waals surface area contributed by atoms with Crippen molar-refractivity contribution in [2.24, 2.45) is 17.6 Å². The number of phenols is 1. The molecule has 1 aromatic carbocycles. The number of carbonyl (C=O) groups is 4. The zero-order valence-corrected chi connectivity index (χ0v) is 23.1. The highest BCUT2D eigenvalue weighted by Crippen LogP contribution is 2.13. The molecule has 208 valence electrons. The van der Waals surface area contributed by atoms with Gasteiger partial charge in [0, 0.05) is 0 Å². The molecular weight excluding hydrogens is 496 g/mol. The topological polar surface area (TPSA) is 171 Å². The summed E-state index contributed by atoms with van der Waals surface area (Å²) in [5, 5.41) is 26.9. The highest BCUT2D eigenvalue weighted by Gasteiger charge is 2.33. The third-order valence-corrected chi connectivity index (χ3v) is 6.73. The molecule has 11 heteroatoms. The molecule has 0 fully saturated rings. The maximum Gasteiger partial charge on any atom is 0.326 e. The number of hydrogen-bond acceptors (Lipinski definition) is 7. The van der Waals surface area contributed by atoms with Crippen LogP contribution in [0.5, 0.6) is 5.75 Å². The van der Waals surface area contributed by atoms with Crippen LogP contribution in [0.4, 0.5) is 0 Å². The van der Waals surface area contributed by atoms with Gasteiger partial charge in [-0.1, -0.05) is 46.2 Å². The fourth-order valence-electron chi connectivity index (χ4n) is 3.67. The monoisotopic (exact) mass is 538 g/mol. The lowest BCUT2D eigenvalue weighted by Crippen LogP contribution is -2.59. The molecule has 7 N–H and O–H groups in total. The summed E-state index contributed by atoms with van der Waals surface area (Å²) < 4.78 is 0. The van der Waals surface area contributed by atoms with Crippen molar-refractivity contribution in [3.8, 4) is 5.75 Å². The zero-order valence-electron chi connectivity index (χ0n) is 22.3. The van der Waals surface area contributed by atoms with Crippen LogP contribution in [0.25, 0.3) is 0 Å². The molecule has 0 radical (unpaired) electrons. The van der Waals surface area contributed by atoms with Gasteiger partial charge in [-0.05, 0) is 60.8 Å². The van der Waals surface area contributed by atoms with Crippen LogP contribution in [0.3, 0.4) is 0 Å². The van der Waals surface area contributed by atoms with Crippen molar-refractivity contribution >= 4 is 35.5 Å². The number of aliphatic carboxylic acids is 1. The Labute approximate surface area is 223 Å². The summed E-state index contributed by atoms with van der Waals surface area (Å²) in [5.41, 5.74) is 6.84. The Morgan fingerprint density at radius 1 is 0.946 bits per heavy atom. The Kier molecular flexibility index (Phi) is 14.1. The van der Waals surface area contributed by atoms with Crippen LogP contribution in [0.2, 0.25) is 0 Å². The SMILES string of the molecule is CCC(C)C(NC(=O)C(CC(C)C)NC(=O)C(N)Cc1ccc(O)cc1)C(=O)NC(CCSC)C(=O)O. The van der Waals surface area contributed by atoms with Crippen molar-refractivity contribution in [1.29, 1.82) is 0 Å². The first-order valence-corrected chi connectivity index (χ1v) is 13.9. The van der Waals surface area contributed by atoms with Gasteiger partial charge in [0.25, 0.3) is 0 Å². The average Bonchev–Trinajstić information content (AvgIpc) is 2.84. The number of rotatable bonds is 16. The number of hydrogen-bond donors (Lipinski definition) is 6. The van der Waals surface area contributed by atoms with Gasteiger partial charge in [0.05, 0.1) is 6.04 Å². The Bertz CT molecular complexity index is 896. The molecule has 5 atom stereocenters. The second-order valence-corrected chi connectivity index (χ2v) is 10.7. The van der Waals surface area contributed by atoms with Crippen LogP contribution in [0.1, 0.15) is 52.5 Å². The Balaban J connectivity index is 2.97. The van der Waals surface area contributed by atoms with Gasteiger partial charge in [-0.25, -0.2) is 4.79 Å². The predicted molar refractivity (Wildman–Crippen MR) is 145 cm³/mol. The van der Waals surface area contributed by atoms with Crippen LogP contribution in [-0.2, 0) is 25.6 Å². The van der Waals surface area contributed by atoms with Crippen LogP contribution < -0.4 is 21.7 Å². The molecule has 0 aromatic heterocycles. The van der Waals surface area contributed by atoms with E-state index >= 15 is 0 Å². The number of amides is 3. The number of benzene rings is 1. The number of carboxylic acid groups (broad SMARTS) is 1. The molecule has 10 nitrogen and oxygen atoms in total. The first kappa shape index (κ1) is 32.2. The zero-order chi connectivity index (χ0) is 28.1. The maximum absolute atomic E-state index is 13.3. The highest BCUT2D eigenvalue weighted by atomic mass is 32.2. The number of thioether (sulfide) groups is 1. The number of phenolic OH excluding ortho intramolecular Hbond substituents is 1. The molecule has 5 unspecified atom stereocenters. The quantitative estimate of drug-likeness (QED) is 0.184. The van der Waals surface area contributed by atoms with E-state index in [9.17, 15) is 29.4 Å². The first-order valence-electron chi connectivity index (χ1n) is 12.6. The van der Waals surface area contributed by atoms with Crippen molar-refractivity contribution in [2.45, 2.75) is 77.5 Å². The van der Waals surface area contributed by atoms with E-state index in [4.69, 9.17) is 5.73 Å². The van der Waals surface area contributed by atoms with Crippen LogP contribution in [-0.4, -0.2) is 70.1 Å². The molecule has 0 heterocycles. The summed E-state index contributed by atoms with van der Waals surface area (Å²) in [6, 6.07) is 2.46. The molecule has 0 spiro atoms. The van der Waals surface area contributed by atoms with Gasteiger partial charge < -0.3 is 31.9 Å². The highest BCUT2D eigenvalue weighted by molar-refractivity contribution is 7.98. The van der Waals surface area contributed by atoms with Crippen molar-refractivity contribution in [2.75, 3.05) is 12.0 Å². The molecule has 0 bridgehead atoms. The van der Waals surface area contributed by atoms with Crippen molar-refractivity contribution in [1.82, 2.24) is 16.0 Å². The predicted octanol–water partition coefficient (Wildman–Crippen LogP) is 1.65. The van der Waals surface area contributed by atoms with Crippen molar-refractivity contribution in [3.63, 3.8) is 0 Å². The molecule has 0 aliphatic carbocycles. The lowest BCUT2D eigenvalue weighted by Gasteiger charge is -2.28. The smallest absolute Gasteiger partial charge is 0.326 e. The summed E-state index contributed by atoms with van der Waals surface area (Å²) in [5.74, 6) is -2.30. The van der Waals surface area contributed by atoms with Crippen LogP contribution >= 0.6 is 11.8 Å². The van der Waals surface area contributed by atoms with E-state index in [-0.39, 0.29) is 30.4 Å². The Morgan fingerprint density at radius 3 is 2.05 bits per heavy atom. The molecule has 1 aromatic rings. The third kappa shape index (κ3) is 11.4. The number of aromatic hydroxyl groups is 1. The van der Waals surface area contributed by atoms with E-state index in [1.807, 2.05) is 27.0 Å². The standard InChI is InChI=1S/C26H42N4O6S/c1-6-16(4)22(25(34)28-20(26(35)36)11-12-37-5)30-24(33)21(13-15(2)3)29-23(32)19(27)14-17-7-9-18(31)10-8-17/h7-10,15-16,19-22,31H,6,11-14,27H2,1-5H3,(H,28,34)(H,29,32)(H,30,33)(H,35,36). The van der Waals surface area contributed by atoms with Gasteiger partial charge in [-0.3, -0.25) is 14.4 Å². The van der Waals surface area contributed by atoms with Gasteiger partial charge in [0.1, 0.15) is 23.9 Å². The van der Waals surface area contributed by atoms with Crippen LogP contribution in [0, 0.1) is 11.8 Å². The van der Waals surface area contributed by atoms with E-state index < -0.39 is 47.9 Å². The second-order valence-electron chi connectivity index (χ2n) is 9.72. The van der Waals surface area contributed by atoms with Crippen LogP contribution in [0.15, 0.2) is 24.3 Å². The molecule has 0 saturated heterocycles. The lowest BCUT2D eigenvalue weighted by molar-refractivity contribution is -0.142. The van der Waals surface area contributed by atoms with E-state index in [1.54, 1.807) is 19.1 Å². The molecule has 0 saturated carbocycles. The average molecular weight is 539 g/mol. The van der Waals surface area contributed by atoms with Crippen molar-refractivity contribution < 1.29 is 29.4 Å². The number of carbonyl (C=O) groups excluding carboxylic acids is 3. The number of nitrogens with two attached hydrogens (primary N) is 1. The first-order chi connectivity index (χ1) is 17.4. The van der Waals surface area contributed by atoms with E-state index in [0.29, 0.717) is 18.6 Å². The normalized spacial score (nSPS) is 15.2. The minimum atomic E-state index is -1.14. The molecule has 3 amide bonds. The minimum Gasteiger partial charge on any atom is -0.508 e. The van der Waals surface area contributed by atoms with Gasteiger partial charge in [-0.2, -0.15) is 11.8 Å². The molecule has 0 aliphatic heterocycles. The molecular formula is C26H42N4O6S. The van der Waals surface area contributed by atoms with E-state index in [2.05, 4.69) is 16.0 Å². The third-order valence-electron chi connectivity index (χ3n) is 6.09.